The van der Waals surface area contributed by atoms with Crippen molar-refractivity contribution in [2.24, 2.45) is 5.41 Å². The number of rotatable bonds is 9. The van der Waals surface area contributed by atoms with Gasteiger partial charge in [0, 0.05) is 35.1 Å². The second-order valence-electron chi connectivity index (χ2n) is 11.7. The van der Waals surface area contributed by atoms with Crippen LogP contribution in [0.2, 0.25) is 5.02 Å². The molecule has 0 radical (unpaired) electrons. The molecule has 1 aliphatic heterocycles. The Morgan fingerprint density at radius 3 is 2.60 bits per heavy atom. The van der Waals surface area contributed by atoms with E-state index < -0.39 is 24.0 Å². The quantitative estimate of drug-likeness (QED) is 0.215. The lowest BCUT2D eigenvalue weighted by Crippen LogP contribution is -2.50. The van der Waals surface area contributed by atoms with Crippen LogP contribution in [0.25, 0.3) is 10.9 Å². The summed E-state index contributed by atoms with van der Waals surface area (Å²) in [6, 6.07) is 7.74. The summed E-state index contributed by atoms with van der Waals surface area (Å²) in [7, 11) is 1.40. The molecular weight excluding hydrogens is 569 g/mol. The Morgan fingerprint density at radius 2 is 2.00 bits per heavy atom. The van der Waals surface area contributed by atoms with Crippen LogP contribution in [-0.2, 0) is 4.74 Å². The van der Waals surface area contributed by atoms with Crippen LogP contribution < -0.4 is 21.6 Å². The third kappa shape index (κ3) is 5.46. The average molecular weight is 601 g/mol. The number of alkyl halides is 2. The number of nitriles is 1. The van der Waals surface area contributed by atoms with Crippen LogP contribution in [0.1, 0.15) is 56.5 Å². The number of hydrazine groups is 2. The molecule has 3 aromatic rings. The van der Waals surface area contributed by atoms with E-state index in [1.54, 1.807) is 19.1 Å². The van der Waals surface area contributed by atoms with Crippen molar-refractivity contribution in [3.63, 3.8) is 0 Å². The summed E-state index contributed by atoms with van der Waals surface area (Å²) in [5, 5.41) is 18.9. The largest absolute Gasteiger partial charge is 0.480 e. The lowest BCUT2D eigenvalue weighted by Gasteiger charge is -2.29. The number of ether oxygens (including phenoxy) is 1. The van der Waals surface area contributed by atoms with Gasteiger partial charge in [-0.15, -0.1) is 5.53 Å². The van der Waals surface area contributed by atoms with Crippen LogP contribution in [0.3, 0.4) is 0 Å². The maximum atomic E-state index is 14.1. The third-order valence-electron chi connectivity index (χ3n) is 7.39. The van der Waals surface area contributed by atoms with E-state index in [0.717, 1.165) is 0 Å². The smallest absolute Gasteiger partial charge is 0.263 e. The van der Waals surface area contributed by atoms with Crippen LogP contribution in [0.4, 0.5) is 24.5 Å². The first-order chi connectivity index (χ1) is 19.9. The molecule has 5 rings (SSSR count). The predicted molar refractivity (Wildman–Crippen MR) is 155 cm³/mol. The standard InChI is InChI=1S/C29H32ClF3N8O/c1-15-18(6-7-21(31)37-15)24(25-26(42-5)41(40-39-25)29(8-9-29)27(32)33)38-17-10-19-22(36-14-28(2,3)4)16(12-34)13-35-23(19)20(30)11-17/h6-7,10-11,13,24,27,38-40H,8-9,14H2,1-5H3,(H,35,36)/t24-/m0/s1. The maximum Gasteiger partial charge on any atom is 0.263 e. The maximum absolute atomic E-state index is 14.1. The van der Waals surface area contributed by atoms with Gasteiger partial charge in [-0.3, -0.25) is 4.98 Å². The van der Waals surface area contributed by atoms with Crippen molar-refractivity contribution in [1.29, 1.82) is 5.26 Å². The highest BCUT2D eigenvalue weighted by Gasteiger charge is 2.59. The van der Waals surface area contributed by atoms with Gasteiger partial charge in [-0.05, 0) is 43.4 Å². The van der Waals surface area contributed by atoms with Gasteiger partial charge in [-0.25, -0.2) is 18.8 Å². The molecule has 0 amide bonds. The second-order valence-corrected chi connectivity index (χ2v) is 12.1. The summed E-state index contributed by atoms with van der Waals surface area (Å²) in [6.45, 7) is 8.47. The van der Waals surface area contributed by atoms with Gasteiger partial charge in [-0.2, -0.15) is 9.65 Å². The number of hydrogen-bond donors (Lipinski definition) is 4. The zero-order valence-corrected chi connectivity index (χ0v) is 24.6. The van der Waals surface area contributed by atoms with Gasteiger partial charge in [-0.1, -0.05) is 38.4 Å². The van der Waals surface area contributed by atoms with E-state index in [1.807, 2.05) is 6.07 Å². The van der Waals surface area contributed by atoms with Gasteiger partial charge in [0.05, 0.1) is 28.9 Å². The van der Waals surface area contributed by atoms with Gasteiger partial charge in [0.2, 0.25) is 11.8 Å². The number of nitrogens with zero attached hydrogens (tertiary/aromatic N) is 4. The minimum Gasteiger partial charge on any atom is -0.480 e. The third-order valence-corrected chi connectivity index (χ3v) is 7.68. The summed E-state index contributed by atoms with van der Waals surface area (Å²) in [6.07, 6.45) is -0.559. The Kier molecular flexibility index (Phi) is 7.76. The summed E-state index contributed by atoms with van der Waals surface area (Å²) >= 11 is 6.71. The highest BCUT2D eigenvalue weighted by molar-refractivity contribution is 6.35. The Hall–Kier alpha value is -3.95. The van der Waals surface area contributed by atoms with Crippen molar-refractivity contribution in [3.8, 4) is 6.07 Å². The Bertz CT molecular complexity index is 1600. The van der Waals surface area contributed by atoms with E-state index in [2.05, 4.69) is 58.4 Å². The molecule has 42 heavy (non-hydrogen) atoms. The zero-order chi connectivity index (χ0) is 30.4. The van der Waals surface area contributed by atoms with Crippen LogP contribution >= 0.6 is 11.6 Å². The van der Waals surface area contributed by atoms with Gasteiger partial charge in [0.25, 0.3) is 6.43 Å². The first-order valence-corrected chi connectivity index (χ1v) is 13.8. The number of aryl methyl sites for hydroxylation is 1. The fourth-order valence-corrected chi connectivity index (χ4v) is 5.28. The number of halogens is 4. The topological polar surface area (TPSA) is 110 Å². The molecule has 1 fully saturated rings. The normalized spacial score (nSPS) is 16.8. The van der Waals surface area contributed by atoms with E-state index in [0.29, 0.717) is 56.4 Å². The van der Waals surface area contributed by atoms with Crippen LogP contribution in [0, 0.1) is 29.6 Å². The van der Waals surface area contributed by atoms with Gasteiger partial charge in [0.15, 0.2) is 0 Å². The molecule has 0 spiro atoms. The van der Waals surface area contributed by atoms with Gasteiger partial charge >= 0.3 is 0 Å². The van der Waals surface area contributed by atoms with Crippen LogP contribution in [0.15, 0.2) is 42.0 Å². The minimum atomic E-state index is -2.61. The number of methoxy groups -OCH3 is 1. The molecule has 13 heteroatoms. The van der Waals surface area contributed by atoms with Gasteiger partial charge in [0.1, 0.15) is 23.3 Å². The highest BCUT2D eigenvalue weighted by atomic mass is 35.5. The van der Waals surface area contributed by atoms with E-state index >= 15 is 0 Å². The van der Waals surface area contributed by atoms with Crippen LogP contribution in [0.5, 0.6) is 0 Å². The molecule has 0 unspecified atom stereocenters. The molecule has 4 N–H and O–H groups in total. The van der Waals surface area contributed by atoms with E-state index in [4.69, 9.17) is 16.3 Å². The molecular formula is C29H32ClF3N8O. The molecule has 0 saturated heterocycles. The van der Waals surface area contributed by atoms with Crippen LogP contribution in [-0.4, -0.2) is 40.6 Å². The van der Waals surface area contributed by atoms with Crippen molar-refractivity contribution in [2.75, 3.05) is 24.3 Å². The molecule has 3 heterocycles. The van der Waals surface area contributed by atoms with Gasteiger partial charge < -0.3 is 20.8 Å². The van der Waals surface area contributed by atoms with E-state index in [1.165, 1.54) is 24.4 Å². The predicted octanol–water partition coefficient (Wildman–Crippen LogP) is 6.15. The number of anilines is 2. The number of benzene rings is 1. The van der Waals surface area contributed by atoms with E-state index in [9.17, 15) is 18.4 Å². The molecule has 9 nitrogen and oxygen atoms in total. The number of fused-ring (bicyclic) bond motifs is 1. The first kappa shape index (κ1) is 29.5. The number of nitrogens with one attached hydrogen (secondary N) is 4. The minimum absolute atomic E-state index is 0.0760. The molecule has 1 aromatic carbocycles. The summed E-state index contributed by atoms with van der Waals surface area (Å²) in [5.41, 5.74) is 7.72. The SMILES string of the molecule is COC1=C([C@@H](Nc2cc(Cl)c3ncc(C#N)c(NCC(C)(C)C)c3c2)c2ccc(F)nc2C)NNN1C1(C(F)F)CC1. The van der Waals surface area contributed by atoms with Crippen molar-refractivity contribution in [1.82, 2.24) is 25.9 Å². The van der Waals surface area contributed by atoms with Crippen molar-refractivity contribution in [3.05, 3.63) is 69.8 Å². The molecule has 2 aromatic heterocycles. The molecule has 222 valence electrons. The Balaban J connectivity index is 1.63. The van der Waals surface area contributed by atoms with Crippen molar-refractivity contribution >= 4 is 33.9 Å². The zero-order valence-electron chi connectivity index (χ0n) is 23.9. The second kappa shape index (κ2) is 11.0. The number of aromatic nitrogens is 2. The molecule has 1 saturated carbocycles. The summed E-state index contributed by atoms with van der Waals surface area (Å²) in [5.74, 6) is -0.481. The first-order valence-electron chi connectivity index (χ1n) is 13.4. The Morgan fingerprint density at radius 1 is 1.26 bits per heavy atom. The lowest BCUT2D eigenvalue weighted by molar-refractivity contribution is -0.0266. The summed E-state index contributed by atoms with van der Waals surface area (Å²) < 4.78 is 47.8. The monoisotopic (exact) mass is 600 g/mol. The average Bonchev–Trinajstić information content (AvgIpc) is 3.63. The van der Waals surface area contributed by atoms with Crippen molar-refractivity contribution < 1.29 is 17.9 Å². The number of pyridine rings is 2. The van der Waals surface area contributed by atoms with Crippen molar-refractivity contribution in [2.45, 2.75) is 58.5 Å². The molecule has 2 aliphatic rings. The Labute approximate surface area is 247 Å². The molecule has 1 aliphatic carbocycles. The molecule has 1 atom stereocenters. The fraction of sp³-hybridized carbons (Fsp3) is 0.414. The highest BCUT2D eigenvalue weighted by Crippen LogP contribution is 2.49. The lowest BCUT2D eigenvalue weighted by atomic mass is 9.96. The summed E-state index contributed by atoms with van der Waals surface area (Å²) in [4.78, 5) is 8.40. The number of hydrogen-bond acceptors (Lipinski definition) is 9. The van der Waals surface area contributed by atoms with E-state index in [-0.39, 0.29) is 24.1 Å². The fourth-order valence-electron chi connectivity index (χ4n) is 5.01. The molecule has 0 bridgehead atoms.